The second-order valence-corrected chi connectivity index (χ2v) is 7.90. The molecule has 3 heterocycles. The summed E-state index contributed by atoms with van der Waals surface area (Å²) in [6.45, 7) is 0.354. The fraction of sp³-hybridized carbons (Fsp3) is 0.400. The van der Waals surface area contributed by atoms with Gasteiger partial charge in [0.05, 0.1) is 11.6 Å². The van der Waals surface area contributed by atoms with Crippen molar-refractivity contribution in [2.45, 2.75) is 38.1 Å². The summed E-state index contributed by atoms with van der Waals surface area (Å²) in [5.74, 6) is -5.03. The van der Waals surface area contributed by atoms with Gasteiger partial charge < -0.3 is 20.3 Å². The van der Waals surface area contributed by atoms with Crippen molar-refractivity contribution in [1.82, 2.24) is 20.2 Å². The third kappa shape index (κ3) is 6.89. The molecule has 1 atom stereocenters. The molecule has 2 amide bonds. The Morgan fingerprint density at radius 1 is 1.26 bits per heavy atom. The van der Waals surface area contributed by atoms with E-state index >= 15 is 0 Å². The second-order valence-electron chi connectivity index (χ2n) is 7.50. The van der Waals surface area contributed by atoms with Crippen LogP contribution < -0.4 is 15.4 Å². The molecule has 14 heteroatoms. The Hall–Kier alpha value is -3.22. The molecule has 2 aromatic heterocycles. The van der Waals surface area contributed by atoms with Crippen molar-refractivity contribution in [3.8, 4) is 5.75 Å². The molecule has 2 N–H and O–H groups in total. The number of likely N-dealkylation sites (tertiary alicyclic amines) is 1. The van der Waals surface area contributed by atoms with Crippen LogP contribution in [0.1, 0.15) is 30.3 Å². The number of hydrogen-bond donors (Lipinski definition) is 2. The summed E-state index contributed by atoms with van der Waals surface area (Å²) in [5.41, 5.74) is -0.347. The lowest BCUT2D eigenvalue weighted by Crippen LogP contribution is -2.55. The Morgan fingerprint density at radius 2 is 2.00 bits per heavy atom. The van der Waals surface area contributed by atoms with Gasteiger partial charge in [0.1, 0.15) is 23.1 Å². The highest BCUT2D eigenvalue weighted by molar-refractivity contribution is 6.33. The molecule has 2 aromatic rings. The van der Waals surface area contributed by atoms with E-state index in [0.29, 0.717) is 0 Å². The summed E-state index contributed by atoms with van der Waals surface area (Å²) in [5, 5.41) is 5.01. The number of pyridine rings is 2. The second kappa shape index (κ2) is 9.95. The number of carbonyl (C=O) groups is 2. The summed E-state index contributed by atoms with van der Waals surface area (Å²) in [6, 6.07) is 3.86. The highest BCUT2D eigenvalue weighted by Crippen LogP contribution is 2.32. The smallest absolute Gasteiger partial charge is 0.406 e. The van der Waals surface area contributed by atoms with E-state index < -0.39 is 42.9 Å². The Labute approximate surface area is 195 Å². The van der Waals surface area contributed by atoms with E-state index in [0.717, 1.165) is 23.2 Å². The number of nitrogens with one attached hydrogen (secondary N) is 2. The lowest BCUT2D eigenvalue weighted by molar-refractivity contribution is -0.274. The first-order chi connectivity index (χ1) is 15.8. The van der Waals surface area contributed by atoms with Gasteiger partial charge in [-0.3, -0.25) is 9.59 Å². The Kier molecular flexibility index (Phi) is 7.44. The van der Waals surface area contributed by atoms with E-state index in [1.165, 1.54) is 19.1 Å². The normalized spacial score (nSPS) is 17.7. The zero-order chi connectivity index (χ0) is 25.1. The number of piperidine rings is 1. The van der Waals surface area contributed by atoms with E-state index in [1.54, 1.807) is 0 Å². The minimum atomic E-state index is -4.90. The molecule has 34 heavy (non-hydrogen) atoms. The molecular weight excluding hydrogens is 489 g/mol. The molecule has 1 aliphatic heterocycles. The van der Waals surface area contributed by atoms with Crippen LogP contribution in [0, 0.1) is 0 Å². The maximum absolute atomic E-state index is 14.1. The van der Waals surface area contributed by atoms with Gasteiger partial charge in [-0.15, -0.1) is 13.2 Å². The third-order valence-corrected chi connectivity index (χ3v) is 5.11. The maximum Gasteiger partial charge on any atom is 0.573 e. The van der Waals surface area contributed by atoms with E-state index in [9.17, 15) is 31.5 Å². The van der Waals surface area contributed by atoms with E-state index in [1.807, 2.05) is 0 Å². The van der Waals surface area contributed by atoms with E-state index in [4.69, 9.17) is 11.6 Å². The Bertz CT molecular complexity index is 1070. The number of amides is 2. The zero-order valence-corrected chi connectivity index (χ0v) is 18.4. The van der Waals surface area contributed by atoms with Crippen LogP contribution in [0.15, 0.2) is 30.5 Å². The monoisotopic (exact) mass is 507 g/mol. The highest BCUT2D eigenvalue weighted by atomic mass is 35.5. The van der Waals surface area contributed by atoms with Crippen LogP contribution in [0.4, 0.5) is 33.6 Å². The predicted molar refractivity (Wildman–Crippen MR) is 111 cm³/mol. The molecule has 1 aliphatic rings. The average Bonchev–Trinajstić information content (AvgIpc) is 2.72. The van der Waals surface area contributed by atoms with Gasteiger partial charge in [-0.25, -0.2) is 18.7 Å². The van der Waals surface area contributed by atoms with Crippen LogP contribution in [-0.2, 0) is 4.79 Å². The number of rotatable bonds is 6. The Morgan fingerprint density at radius 3 is 2.68 bits per heavy atom. The number of carbonyl (C=O) groups excluding carboxylic acids is 2. The topological polar surface area (TPSA) is 96.5 Å². The number of anilines is 2. The van der Waals surface area contributed by atoms with Gasteiger partial charge in [0, 0.05) is 38.2 Å². The molecule has 0 aromatic carbocycles. The van der Waals surface area contributed by atoms with Gasteiger partial charge in [-0.1, -0.05) is 11.6 Å². The fourth-order valence-electron chi connectivity index (χ4n) is 3.31. The first kappa shape index (κ1) is 25.4. The quantitative estimate of drug-likeness (QED) is 0.570. The van der Waals surface area contributed by atoms with Crippen molar-refractivity contribution in [1.29, 1.82) is 0 Å². The molecule has 0 radical (unpaired) electrons. The van der Waals surface area contributed by atoms with Crippen LogP contribution in [0.2, 0.25) is 5.02 Å². The van der Waals surface area contributed by atoms with Gasteiger partial charge in [0.25, 0.3) is 11.8 Å². The van der Waals surface area contributed by atoms with E-state index in [2.05, 4.69) is 25.3 Å². The number of hydrogen-bond acceptors (Lipinski definition) is 6. The molecule has 0 saturated carbocycles. The summed E-state index contributed by atoms with van der Waals surface area (Å²) >= 11 is 6.10. The predicted octanol–water partition coefficient (Wildman–Crippen LogP) is 4.15. The third-order valence-electron chi connectivity index (χ3n) is 4.80. The molecule has 3 rings (SSSR count). The molecule has 184 valence electrons. The summed E-state index contributed by atoms with van der Waals surface area (Å²) in [4.78, 5) is 33.2. The number of halogens is 6. The summed E-state index contributed by atoms with van der Waals surface area (Å²) < 4.78 is 69.3. The number of ether oxygens (including phenoxy) is 1. The number of aromatic nitrogens is 2. The molecular formula is C20H19ClF5N5O3. The van der Waals surface area contributed by atoms with Crippen LogP contribution in [0.25, 0.3) is 0 Å². The number of nitrogens with zero attached hydrogens (tertiary/aromatic N) is 3. The number of alkyl halides is 5. The lowest BCUT2D eigenvalue weighted by atomic mass is 9.98. The summed E-state index contributed by atoms with van der Waals surface area (Å²) in [6.07, 6.45) is -4.34. The van der Waals surface area contributed by atoms with Crippen molar-refractivity contribution in [3.05, 3.63) is 41.2 Å². The maximum atomic E-state index is 14.1. The first-order valence-electron chi connectivity index (χ1n) is 9.91. The standard InChI is InChI=1S/C20H19ClF5N5O3/c1-11(32)28-9-12-4-6-19(22,23)10-31(12)18(33)17-14(21)2-3-15(30-17)29-16-8-13(5-7-27-16)34-20(24,25)26/h2-3,5,7-8,12H,4,6,9-10H2,1H3,(H,28,32)(H,27,29,30). The van der Waals surface area contributed by atoms with Gasteiger partial charge in [0.15, 0.2) is 0 Å². The SMILES string of the molecule is CC(=O)NCC1CCC(F)(F)CN1C(=O)c1nc(Nc2cc(OC(F)(F)F)ccn2)ccc1Cl. The minimum absolute atomic E-state index is 0.0217. The van der Waals surface area contributed by atoms with Crippen LogP contribution in [-0.4, -0.2) is 58.1 Å². The lowest BCUT2D eigenvalue weighted by Gasteiger charge is -2.39. The largest absolute Gasteiger partial charge is 0.573 e. The average molecular weight is 508 g/mol. The van der Waals surface area contributed by atoms with Gasteiger partial charge >= 0.3 is 6.36 Å². The van der Waals surface area contributed by atoms with Crippen LogP contribution in [0.3, 0.4) is 0 Å². The molecule has 8 nitrogen and oxygen atoms in total. The molecule has 1 unspecified atom stereocenters. The molecule has 0 spiro atoms. The van der Waals surface area contributed by atoms with Crippen molar-refractivity contribution in [2.24, 2.45) is 0 Å². The van der Waals surface area contributed by atoms with Crippen molar-refractivity contribution in [2.75, 3.05) is 18.4 Å². The summed E-state index contributed by atoms with van der Waals surface area (Å²) in [7, 11) is 0. The van der Waals surface area contributed by atoms with Crippen molar-refractivity contribution < 1.29 is 36.3 Å². The van der Waals surface area contributed by atoms with Crippen molar-refractivity contribution >= 4 is 35.1 Å². The highest BCUT2D eigenvalue weighted by Gasteiger charge is 2.43. The van der Waals surface area contributed by atoms with Gasteiger partial charge in [-0.2, -0.15) is 0 Å². The minimum Gasteiger partial charge on any atom is -0.406 e. The molecule has 1 fully saturated rings. The zero-order valence-electron chi connectivity index (χ0n) is 17.6. The van der Waals surface area contributed by atoms with Gasteiger partial charge in [-0.05, 0) is 24.6 Å². The molecule has 0 aliphatic carbocycles. The van der Waals surface area contributed by atoms with E-state index in [-0.39, 0.29) is 41.2 Å². The van der Waals surface area contributed by atoms with Crippen molar-refractivity contribution in [3.63, 3.8) is 0 Å². The van der Waals surface area contributed by atoms with Crippen LogP contribution >= 0.6 is 11.6 Å². The molecule has 0 bridgehead atoms. The Balaban J connectivity index is 1.83. The van der Waals surface area contributed by atoms with Crippen LogP contribution in [0.5, 0.6) is 5.75 Å². The first-order valence-corrected chi connectivity index (χ1v) is 10.3. The van der Waals surface area contributed by atoms with Gasteiger partial charge in [0.2, 0.25) is 5.91 Å². The fourth-order valence-corrected chi connectivity index (χ4v) is 3.49. The molecule has 1 saturated heterocycles.